The van der Waals surface area contributed by atoms with Gasteiger partial charge in [0.15, 0.2) is 5.79 Å². The van der Waals surface area contributed by atoms with Crippen LogP contribution in [0.4, 0.5) is 0 Å². The van der Waals surface area contributed by atoms with E-state index in [1.165, 1.54) is 0 Å². The topological polar surface area (TPSA) is 143 Å². The number of carbonyl (C=O) groups excluding carboxylic acids is 2. The quantitative estimate of drug-likeness (QED) is 0.211. The van der Waals surface area contributed by atoms with Crippen LogP contribution in [0.25, 0.3) is 0 Å². The average Bonchev–Trinajstić information content (AvgIpc) is 3.08. The SMILES string of the molecule is CCC(C)C(=O)O[C@H]1C(=O)O[C@@H]2C[C@H]3C(C)=C[C@H](O)[C@@H](O)[C@]3(C)[C@H]3[C@]4(O)OC[C@@]32[C@@H]1[C@@H](C)[C@H]4O.I. The number of ether oxygens (including phenoxy) is 3. The van der Waals surface area contributed by atoms with Gasteiger partial charge in [0.05, 0.1) is 24.7 Å². The summed E-state index contributed by atoms with van der Waals surface area (Å²) in [5.41, 5.74) is -1.27. The first-order valence-corrected chi connectivity index (χ1v) is 12.3. The summed E-state index contributed by atoms with van der Waals surface area (Å²) < 4.78 is 17.7. The monoisotopic (exact) mass is 608 g/mol. The van der Waals surface area contributed by atoms with Crippen molar-refractivity contribution in [2.45, 2.75) is 83.8 Å². The maximum Gasteiger partial charge on any atom is 0.348 e. The number of esters is 2. The van der Waals surface area contributed by atoms with Gasteiger partial charge in [-0.05, 0) is 31.6 Å². The van der Waals surface area contributed by atoms with E-state index in [1.54, 1.807) is 26.8 Å². The van der Waals surface area contributed by atoms with E-state index >= 15 is 0 Å². The molecule has 9 nitrogen and oxygen atoms in total. The summed E-state index contributed by atoms with van der Waals surface area (Å²) in [6.07, 6.45) is -3.22. The maximum absolute atomic E-state index is 13.2. The standard InChI is InChI=1S/C25H36O9.HI/c1-6-10(2)20(29)34-17-16-12(4)18(27)25(31)22-23(5)13(11(3)7-14(26)19(23)28)8-15(33-21(17)30)24(16,22)9-32-25;/h7,10,12-19,22,26-28,31H,6,8-9H2,1-5H3;1H/t10?,12-,13+,14+,15-,16-,17-,18-,19-,22-,23-,24-,25-;/m1./s1. The molecule has 13 atom stereocenters. The molecule has 2 saturated carbocycles. The van der Waals surface area contributed by atoms with Crippen LogP contribution in [0.15, 0.2) is 11.6 Å². The summed E-state index contributed by atoms with van der Waals surface area (Å²) in [5.74, 6) is -6.17. The van der Waals surface area contributed by atoms with E-state index in [0.29, 0.717) is 12.8 Å². The zero-order chi connectivity index (χ0) is 25.0. The summed E-state index contributed by atoms with van der Waals surface area (Å²) in [5, 5.41) is 45.2. The third-order valence-electron chi connectivity index (χ3n) is 10.1. The number of rotatable bonds is 3. The van der Waals surface area contributed by atoms with E-state index in [1.807, 2.05) is 13.8 Å². The van der Waals surface area contributed by atoms with Crippen molar-refractivity contribution in [1.82, 2.24) is 0 Å². The van der Waals surface area contributed by atoms with Crippen molar-refractivity contribution in [3.8, 4) is 0 Å². The van der Waals surface area contributed by atoms with Crippen LogP contribution in [0.2, 0.25) is 0 Å². The Hall–Kier alpha value is -0.790. The normalized spacial score (nSPS) is 52.8. The number of fused-ring (bicyclic) bond motifs is 1. The van der Waals surface area contributed by atoms with Crippen molar-refractivity contribution in [2.24, 2.45) is 40.4 Å². The molecule has 2 bridgehead atoms. The molecule has 10 heteroatoms. The molecule has 1 unspecified atom stereocenters. The van der Waals surface area contributed by atoms with Gasteiger partial charge < -0.3 is 34.6 Å². The Morgan fingerprint density at radius 2 is 1.94 bits per heavy atom. The molecule has 2 saturated heterocycles. The smallest absolute Gasteiger partial charge is 0.348 e. The highest BCUT2D eigenvalue weighted by molar-refractivity contribution is 14.0. The minimum atomic E-state index is -2.02. The van der Waals surface area contributed by atoms with Gasteiger partial charge in [-0.25, -0.2) is 4.79 Å². The van der Waals surface area contributed by atoms with Crippen molar-refractivity contribution in [3.05, 3.63) is 11.6 Å². The molecule has 0 aromatic rings. The Morgan fingerprint density at radius 1 is 1.29 bits per heavy atom. The zero-order valence-electron chi connectivity index (χ0n) is 20.7. The average molecular weight is 608 g/mol. The summed E-state index contributed by atoms with van der Waals surface area (Å²) in [6.45, 7) is 8.92. The summed E-state index contributed by atoms with van der Waals surface area (Å²) in [7, 11) is 0. The van der Waals surface area contributed by atoms with Crippen LogP contribution in [-0.4, -0.2) is 75.3 Å². The van der Waals surface area contributed by atoms with E-state index in [-0.39, 0.29) is 36.5 Å². The molecule has 198 valence electrons. The Labute approximate surface area is 222 Å². The van der Waals surface area contributed by atoms with Crippen LogP contribution in [0, 0.1) is 40.4 Å². The lowest BCUT2D eigenvalue weighted by Gasteiger charge is -2.68. The van der Waals surface area contributed by atoms with Gasteiger partial charge >= 0.3 is 11.9 Å². The molecule has 5 rings (SSSR count). The number of halogens is 1. The molecule has 0 radical (unpaired) electrons. The van der Waals surface area contributed by atoms with E-state index in [4.69, 9.17) is 14.2 Å². The van der Waals surface area contributed by atoms with E-state index in [9.17, 15) is 30.0 Å². The second-order valence-electron chi connectivity index (χ2n) is 11.5. The van der Waals surface area contributed by atoms with Gasteiger partial charge in [-0.15, -0.1) is 24.0 Å². The van der Waals surface area contributed by atoms with Crippen molar-refractivity contribution >= 4 is 35.9 Å². The molecule has 0 aromatic heterocycles. The molecule has 1 spiro atoms. The molecular formula is C25H37IO9. The minimum Gasteiger partial charge on any atom is -0.459 e. The van der Waals surface area contributed by atoms with Gasteiger partial charge in [-0.2, -0.15) is 0 Å². The number of aliphatic hydroxyl groups excluding tert-OH is 3. The Bertz CT molecular complexity index is 940. The first-order chi connectivity index (χ1) is 15.8. The minimum absolute atomic E-state index is 0. The Morgan fingerprint density at radius 3 is 2.57 bits per heavy atom. The molecule has 4 N–H and O–H groups in total. The first kappa shape index (κ1) is 27.3. The highest BCUT2D eigenvalue weighted by Gasteiger charge is 2.83. The molecule has 0 aromatic carbocycles. The second-order valence-corrected chi connectivity index (χ2v) is 11.5. The van der Waals surface area contributed by atoms with Gasteiger partial charge in [0.1, 0.15) is 12.2 Å². The zero-order valence-corrected chi connectivity index (χ0v) is 23.0. The predicted molar refractivity (Wildman–Crippen MR) is 132 cm³/mol. The van der Waals surface area contributed by atoms with Crippen molar-refractivity contribution in [3.63, 3.8) is 0 Å². The number of carbonyl (C=O) groups is 2. The number of allylic oxidation sites excluding steroid dienone is 1. The molecular weight excluding hydrogens is 571 g/mol. The lowest BCUT2D eigenvalue weighted by Crippen LogP contribution is -2.78. The Balaban J connectivity index is 0.00000289. The summed E-state index contributed by atoms with van der Waals surface area (Å²) in [4.78, 5) is 26.0. The van der Waals surface area contributed by atoms with Crippen molar-refractivity contribution < 1.29 is 44.2 Å². The maximum atomic E-state index is 13.2. The molecule has 3 aliphatic carbocycles. The van der Waals surface area contributed by atoms with Crippen LogP contribution >= 0.6 is 24.0 Å². The summed E-state index contributed by atoms with van der Waals surface area (Å²) in [6, 6.07) is 0. The summed E-state index contributed by atoms with van der Waals surface area (Å²) >= 11 is 0. The molecule has 2 heterocycles. The molecule has 5 aliphatic rings. The van der Waals surface area contributed by atoms with Gasteiger partial charge in [0.2, 0.25) is 6.10 Å². The van der Waals surface area contributed by atoms with E-state index < -0.39 is 82.7 Å². The fourth-order valence-corrected chi connectivity index (χ4v) is 8.30. The molecule has 2 aliphatic heterocycles. The first-order valence-electron chi connectivity index (χ1n) is 12.3. The van der Waals surface area contributed by atoms with Gasteiger partial charge in [0, 0.05) is 22.7 Å². The third-order valence-corrected chi connectivity index (χ3v) is 10.1. The second kappa shape index (κ2) is 8.62. The fraction of sp³-hybridized carbons (Fsp3) is 0.840. The van der Waals surface area contributed by atoms with Gasteiger partial charge in [0.25, 0.3) is 0 Å². The van der Waals surface area contributed by atoms with Crippen molar-refractivity contribution in [1.29, 1.82) is 0 Å². The van der Waals surface area contributed by atoms with Gasteiger partial charge in [-0.3, -0.25) is 4.79 Å². The van der Waals surface area contributed by atoms with Crippen LogP contribution in [0.1, 0.15) is 47.5 Å². The van der Waals surface area contributed by atoms with Crippen molar-refractivity contribution in [2.75, 3.05) is 6.61 Å². The highest BCUT2D eigenvalue weighted by Crippen LogP contribution is 2.74. The highest BCUT2D eigenvalue weighted by atomic mass is 127. The lowest BCUT2D eigenvalue weighted by molar-refractivity contribution is -0.345. The van der Waals surface area contributed by atoms with E-state index in [0.717, 1.165) is 5.57 Å². The van der Waals surface area contributed by atoms with Crippen LogP contribution < -0.4 is 0 Å². The lowest BCUT2D eigenvalue weighted by atomic mass is 9.38. The number of aliphatic hydroxyl groups is 4. The van der Waals surface area contributed by atoms with Crippen LogP contribution in [0.3, 0.4) is 0 Å². The Kier molecular flexibility index (Phi) is 6.71. The van der Waals surface area contributed by atoms with Crippen LogP contribution in [0.5, 0.6) is 0 Å². The molecule has 4 fully saturated rings. The number of hydrogen-bond donors (Lipinski definition) is 4. The predicted octanol–water partition coefficient (Wildman–Crippen LogP) is 1.14. The molecule has 35 heavy (non-hydrogen) atoms. The van der Waals surface area contributed by atoms with E-state index in [2.05, 4.69) is 0 Å². The number of hydrogen-bond acceptors (Lipinski definition) is 9. The fourth-order valence-electron chi connectivity index (χ4n) is 8.30. The van der Waals surface area contributed by atoms with Gasteiger partial charge in [-0.1, -0.05) is 39.3 Å². The third kappa shape index (κ3) is 3.22. The molecule has 0 amide bonds. The van der Waals surface area contributed by atoms with Crippen LogP contribution in [-0.2, 0) is 23.8 Å². The largest absolute Gasteiger partial charge is 0.459 e.